The van der Waals surface area contributed by atoms with Gasteiger partial charge in [0.05, 0.1) is 38.8 Å². The smallest absolute Gasteiger partial charge is 0.338 e. The number of aromatic nitrogens is 3. The Morgan fingerprint density at radius 1 is 1.20 bits per heavy atom. The minimum Gasteiger partial charge on any atom is -0.491 e. The van der Waals surface area contributed by atoms with E-state index in [0.29, 0.717) is 49.2 Å². The molecule has 0 unspecified atom stereocenters. The predicted octanol–water partition coefficient (Wildman–Crippen LogP) is 6.37. The Labute approximate surface area is 236 Å². The summed E-state index contributed by atoms with van der Waals surface area (Å²) in [5.74, 6) is -0.165. The predicted molar refractivity (Wildman–Crippen MR) is 152 cm³/mol. The van der Waals surface area contributed by atoms with E-state index in [2.05, 4.69) is 9.97 Å². The number of hydrogen-bond acceptors (Lipinski definition) is 7. The zero-order valence-corrected chi connectivity index (χ0v) is 23.3. The number of aromatic carboxylic acids is 1. The van der Waals surface area contributed by atoms with Crippen LogP contribution in [0.5, 0.6) is 5.75 Å². The number of nitriles is 1. The summed E-state index contributed by atoms with van der Waals surface area (Å²) >= 11 is 7.61. The van der Waals surface area contributed by atoms with Crippen molar-refractivity contribution in [3.8, 4) is 22.9 Å². The van der Waals surface area contributed by atoms with Crippen LogP contribution >= 0.6 is 22.9 Å². The average molecular weight is 577 g/mol. The first-order valence-electron chi connectivity index (χ1n) is 12.2. The van der Waals surface area contributed by atoms with Crippen LogP contribution in [-0.4, -0.2) is 32.2 Å². The van der Waals surface area contributed by atoms with Gasteiger partial charge in [0.2, 0.25) is 0 Å². The molecule has 11 heteroatoms. The maximum absolute atomic E-state index is 13.5. The summed E-state index contributed by atoms with van der Waals surface area (Å²) in [5, 5.41) is 21.5. The second-order valence-corrected chi connectivity index (χ2v) is 10.5. The molecule has 8 nitrogen and oxygen atoms in total. The number of carboxylic acids is 1. The van der Waals surface area contributed by atoms with Crippen LogP contribution in [0.2, 0.25) is 5.02 Å². The van der Waals surface area contributed by atoms with Gasteiger partial charge in [0.25, 0.3) is 5.56 Å². The summed E-state index contributed by atoms with van der Waals surface area (Å²) in [6.45, 7) is 4.54. The molecule has 0 bridgehead atoms. The van der Waals surface area contributed by atoms with Gasteiger partial charge in [-0.15, -0.1) is 11.3 Å². The van der Waals surface area contributed by atoms with Gasteiger partial charge in [0.15, 0.2) is 0 Å². The molecule has 0 saturated carbocycles. The van der Waals surface area contributed by atoms with Crippen molar-refractivity contribution in [3.63, 3.8) is 0 Å². The van der Waals surface area contributed by atoms with Gasteiger partial charge in [-0.1, -0.05) is 11.6 Å². The van der Waals surface area contributed by atoms with Crippen molar-refractivity contribution in [2.24, 2.45) is 0 Å². The van der Waals surface area contributed by atoms with Crippen LogP contribution < -0.4 is 10.3 Å². The molecule has 0 aliphatic rings. The summed E-state index contributed by atoms with van der Waals surface area (Å²) in [6.07, 6.45) is 0. The normalized spacial score (nSPS) is 11.2. The lowest BCUT2D eigenvalue weighted by Gasteiger charge is -2.16. The first-order chi connectivity index (χ1) is 19.1. The molecule has 0 fully saturated rings. The third kappa shape index (κ3) is 4.68. The fraction of sp³-hybridized carbons (Fsp3) is 0.207. The molecule has 0 radical (unpaired) electrons. The zero-order chi connectivity index (χ0) is 28.7. The first-order valence-corrected chi connectivity index (χ1v) is 13.4. The minimum atomic E-state index is -1.06. The fourth-order valence-corrected chi connectivity index (χ4v) is 5.94. The summed E-state index contributed by atoms with van der Waals surface area (Å²) in [4.78, 5) is 34.1. The number of halogens is 2. The molecule has 0 aliphatic heterocycles. The Hall–Kier alpha value is -4.33. The van der Waals surface area contributed by atoms with Crippen molar-refractivity contribution in [1.82, 2.24) is 14.5 Å². The van der Waals surface area contributed by atoms with E-state index >= 15 is 0 Å². The van der Waals surface area contributed by atoms with Crippen molar-refractivity contribution in [2.45, 2.75) is 34.0 Å². The highest BCUT2D eigenvalue weighted by Gasteiger charge is 2.20. The highest BCUT2D eigenvalue weighted by Crippen LogP contribution is 2.40. The van der Waals surface area contributed by atoms with Gasteiger partial charge in [0.1, 0.15) is 30.9 Å². The number of thiophene rings is 1. The molecule has 3 heterocycles. The summed E-state index contributed by atoms with van der Waals surface area (Å²) in [5.41, 5.74) is 3.29. The molecule has 3 aromatic heterocycles. The average Bonchev–Trinajstić information content (AvgIpc) is 3.35. The lowest BCUT2D eigenvalue weighted by atomic mass is 9.99. The minimum absolute atomic E-state index is 0.0873. The largest absolute Gasteiger partial charge is 0.491 e. The molecule has 5 aromatic rings. The topological polar surface area (TPSA) is 118 Å². The van der Waals surface area contributed by atoms with Crippen LogP contribution in [0.15, 0.2) is 40.5 Å². The van der Waals surface area contributed by atoms with Crippen molar-refractivity contribution in [2.75, 3.05) is 6.61 Å². The lowest BCUT2D eigenvalue weighted by molar-refractivity contribution is 0.0699. The number of aryl methyl sites for hydroxylation is 2. The highest BCUT2D eigenvalue weighted by atomic mass is 35.5. The maximum atomic E-state index is 13.5. The van der Waals surface area contributed by atoms with Gasteiger partial charge >= 0.3 is 5.97 Å². The van der Waals surface area contributed by atoms with Crippen LogP contribution in [0.4, 0.5) is 4.39 Å². The van der Waals surface area contributed by atoms with Crippen LogP contribution in [0, 0.1) is 32.1 Å². The number of fused-ring (bicyclic) bond motifs is 2. The second kappa shape index (κ2) is 10.7. The number of carboxylic acid groups (broad SMARTS) is 1. The van der Waals surface area contributed by atoms with Crippen LogP contribution in [0.25, 0.3) is 32.2 Å². The molecule has 0 aliphatic carbocycles. The molecule has 5 rings (SSSR count). The highest BCUT2D eigenvalue weighted by molar-refractivity contribution is 7.18. The quantitative estimate of drug-likeness (QED) is 0.239. The van der Waals surface area contributed by atoms with Gasteiger partial charge in [-0.25, -0.2) is 14.2 Å². The van der Waals surface area contributed by atoms with E-state index in [1.54, 1.807) is 44.4 Å². The van der Waals surface area contributed by atoms with Crippen LogP contribution in [-0.2, 0) is 13.2 Å². The maximum Gasteiger partial charge on any atom is 0.338 e. The van der Waals surface area contributed by atoms with Gasteiger partial charge < -0.3 is 9.84 Å². The van der Waals surface area contributed by atoms with E-state index in [0.717, 1.165) is 5.56 Å². The number of carbonyl (C=O) groups is 1. The van der Waals surface area contributed by atoms with Gasteiger partial charge in [0, 0.05) is 27.2 Å². The fourth-order valence-electron chi connectivity index (χ4n) is 4.76. The molecule has 1 N–H and O–H groups in total. The molecular weight excluding hydrogens is 555 g/mol. The van der Waals surface area contributed by atoms with Crippen LogP contribution in [0.1, 0.15) is 38.6 Å². The first kappa shape index (κ1) is 27.2. The molecule has 0 spiro atoms. The Kier molecular flexibility index (Phi) is 7.27. The van der Waals surface area contributed by atoms with E-state index in [1.165, 1.54) is 22.0 Å². The molecule has 0 saturated heterocycles. The van der Waals surface area contributed by atoms with Gasteiger partial charge in [-0.3, -0.25) is 14.3 Å². The van der Waals surface area contributed by atoms with E-state index in [-0.39, 0.29) is 35.2 Å². The van der Waals surface area contributed by atoms with Crippen molar-refractivity contribution in [1.29, 1.82) is 5.26 Å². The number of pyridine rings is 1. The number of ether oxygens (including phenoxy) is 1. The lowest BCUT2D eigenvalue weighted by Crippen LogP contribution is -2.27. The Morgan fingerprint density at radius 2 is 1.98 bits per heavy atom. The van der Waals surface area contributed by atoms with E-state index in [4.69, 9.17) is 16.3 Å². The molecule has 0 atom stereocenters. The number of alkyl halides is 1. The van der Waals surface area contributed by atoms with Crippen LogP contribution in [0.3, 0.4) is 0 Å². The monoisotopic (exact) mass is 576 g/mol. The van der Waals surface area contributed by atoms with Crippen molar-refractivity contribution >= 4 is 50.0 Å². The molecule has 202 valence electrons. The number of hydrogen-bond donors (Lipinski definition) is 1. The molecular formula is C29H22ClFN4O4S. The molecule has 40 heavy (non-hydrogen) atoms. The standard InChI is InChI=1S/C29H22ClFN4O4S/c1-14-8-20(27-26(33-14)22(13-40-27)29(37)38)19-10-18(30)4-5-24(19)39-7-6-35-16(3)34-23-9-17(11-31)15(2)21(12-32)25(23)28(35)36/h4-5,8-10,13H,6-7,11H2,1-3H3,(H,37,38). The van der Waals surface area contributed by atoms with E-state index < -0.39 is 18.2 Å². The number of nitrogens with zero attached hydrogens (tertiary/aromatic N) is 4. The summed E-state index contributed by atoms with van der Waals surface area (Å²) in [6, 6.07) is 10.5. The number of rotatable bonds is 7. The number of benzene rings is 2. The van der Waals surface area contributed by atoms with Gasteiger partial charge in [-0.2, -0.15) is 5.26 Å². The van der Waals surface area contributed by atoms with Crippen molar-refractivity contribution < 1.29 is 19.0 Å². The third-order valence-electron chi connectivity index (χ3n) is 6.75. The Balaban J connectivity index is 1.52. The summed E-state index contributed by atoms with van der Waals surface area (Å²) < 4.78 is 21.7. The molecule has 0 amide bonds. The van der Waals surface area contributed by atoms with Gasteiger partial charge in [-0.05, 0) is 62.2 Å². The van der Waals surface area contributed by atoms with E-state index in [9.17, 15) is 24.3 Å². The van der Waals surface area contributed by atoms with E-state index in [1.807, 2.05) is 12.1 Å². The second-order valence-electron chi connectivity index (χ2n) is 9.22. The summed E-state index contributed by atoms with van der Waals surface area (Å²) in [7, 11) is 0. The third-order valence-corrected chi connectivity index (χ3v) is 7.98. The Morgan fingerprint density at radius 3 is 2.67 bits per heavy atom. The Bertz CT molecular complexity index is 1940. The zero-order valence-electron chi connectivity index (χ0n) is 21.7. The van der Waals surface area contributed by atoms with Crippen molar-refractivity contribution in [3.05, 3.63) is 84.9 Å². The molecule has 2 aromatic carbocycles. The SMILES string of the molecule is Cc1cc(-c2cc(Cl)ccc2OCCn2c(C)nc3cc(CF)c(C)c(C#N)c3c2=O)c2scc(C(=O)O)c2n1.